The molecule has 0 radical (unpaired) electrons. The van der Waals surface area contributed by atoms with E-state index in [1.54, 1.807) is 21.3 Å². The first-order valence-corrected chi connectivity index (χ1v) is 13.3. The van der Waals surface area contributed by atoms with Gasteiger partial charge in [0.15, 0.2) is 17.3 Å². The number of methoxy groups -OCH3 is 3. The summed E-state index contributed by atoms with van der Waals surface area (Å²) in [6.45, 7) is 1.87. The van der Waals surface area contributed by atoms with Crippen LogP contribution in [-0.2, 0) is 14.3 Å². The Bertz CT molecular complexity index is 1290. The average Bonchev–Trinajstić information content (AvgIpc) is 3.44. The van der Waals surface area contributed by atoms with E-state index in [9.17, 15) is 9.59 Å². The van der Waals surface area contributed by atoms with Crippen molar-refractivity contribution in [3.63, 3.8) is 0 Å². The fourth-order valence-electron chi connectivity index (χ4n) is 6.21. The molecule has 5 rings (SSSR count). The van der Waals surface area contributed by atoms with Gasteiger partial charge >= 0.3 is 5.97 Å². The highest BCUT2D eigenvalue weighted by molar-refractivity contribution is 6.09. The Kier molecular flexibility index (Phi) is 7.54. The Hall–Kier alpha value is -3.61. The van der Waals surface area contributed by atoms with Crippen molar-refractivity contribution in [3.05, 3.63) is 64.9 Å². The molecule has 2 aromatic carbocycles. The molecule has 0 saturated heterocycles. The van der Waals surface area contributed by atoms with Crippen molar-refractivity contribution in [1.29, 1.82) is 0 Å². The predicted molar refractivity (Wildman–Crippen MR) is 144 cm³/mol. The summed E-state index contributed by atoms with van der Waals surface area (Å²) in [6, 6.07) is 13.4. The number of hydrogen-bond acceptors (Lipinski definition) is 7. The van der Waals surface area contributed by atoms with Crippen molar-refractivity contribution < 1.29 is 28.5 Å². The lowest BCUT2D eigenvalue weighted by Gasteiger charge is -2.37. The number of ether oxygens (including phenoxy) is 4. The Balaban J connectivity index is 1.55. The normalized spacial score (nSPS) is 23.5. The van der Waals surface area contributed by atoms with Crippen LogP contribution in [0.1, 0.15) is 68.4 Å². The number of rotatable bonds is 7. The first-order valence-electron chi connectivity index (χ1n) is 13.3. The van der Waals surface area contributed by atoms with E-state index in [2.05, 4.69) is 0 Å². The molecule has 1 aliphatic heterocycles. The van der Waals surface area contributed by atoms with Crippen LogP contribution in [0.25, 0.3) is 0 Å². The van der Waals surface area contributed by atoms with Gasteiger partial charge in [-0.1, -0.05) is 24.3 Å². The van der Waals surface area contributed by atoms with E-state index < -0.39 is 11.8 Å². The molecule has 0 amide bonds. The smallest absolute Gasteiger partial charge is 0.315 e. The Morgan fingerprint density at radius 3 is 2.32 bits per heavy atom. The molecule has 3 atom stereocenters. The van der Waals surface area contributed by atoms with Crippen LogP contribution in [0.5, 0.6) is 17.2 Å². The monoisotopic (exact) mass is 517 g/mol. The van der Waals surface area contributed by atoms with E-state index >= 15 is 0 Å². The summed E-state index contributed by atoms with van der Waals surface area (Å²) in [5.41, 5.74) is 3.81. The van der Waals surface area contributed by atoms with Gasteiger partial charge in [-0.05, 0) is 68.7 Å². The number of carbonyl (C=O) groups is 2. The van der Waals surface area contributed by atoms with Gasteiger partial charge in [0.25, 0.3) is 0 Å². The number of esters is 1. The third-order valence-corrected chi connectivity index (χ3v) is 8.08. The molecule has 1 unspecified atom stereocenters. The number of Topliss-reactive ketones (excluding diaryl/α,β-unsaturated/α-hetero) is 1. The molecule has 1 heterocycles. The second-order valence-corrected chi connectivity index (χ2v) is 10.3. The number of allylic oxidation sites excluding steroid dienone is 2. The standard InChI is InChI=1S/C31H35NO6/c1-18-28(31(34)38-21-9-5-6-10-21)29(22-11-7-8-12-25(22)35-2)30-23(32-18)15-20(16-24(30)33)19-13-14-26(36-3)27(17-19)37-4/h7-8,11-14,17,20-21,28-29H,5-6,9-10,15-16H2,1-4H3/t20-,28?,29+/m0/s1. The quantitative estimate of drug-likeness (QED) is 0.434. The summed E-state index contributed by atoms with van der Waals surface area (Å²) in [4.78, 5) is 32.5. The van der Waals surface area contributed by atoms with Gasteiger partial charge in [-0.15, -0.1) is 0 Å². The molecule has 0 spiro atoms. The van der Waals surface area contributed by atoms with Gasteiger partial charge in [0.2, 0.25) is 0 Å². The summed E-state index contributed by atoms with van der Waals surface area (Å²) in [5, 5.41) is 0. The van der Waals surface area contributed by atoms with Crippen molar-refractivity contribution in [2.45, 2.75) is 63.4 Å². The van der Waals surface area contributed by atoms with Crippen LogP contribution in [0.4, 0.5) is 0 Å². The van der Waals surface area contributed by atoms with E-state index in [1.807, 2.05) is 49.4 Å². The molecule has 0 bridgehead atoms. The second kappa shape index (κ2) is 11.0. The van der Waals surface area contributed by atoms with Crippen molar-refractivity contribution in [2.75, 3.05) is 21.3 Å². The lowest BCUT2D eigenvalue weighted by atomic mass is 9.69. The molecule has 1 saturated carbocycles. The Morgan fingerprint density at radius 1 is 0.895 bits per heavy atom. The van der Waals surface area contributed by atoms with Crippen molar-refractivity contribution >= 4 is 17.5 Å². The fraction of sp³-hybridized carbons (Fsp3) is 0.452. The maximum atomic E-state index is 13.9. The van der Waals surface area contributed by atoms with E-state index in [0.717, 1.165) is 42.5 Å². The highest BCUT2D eigenvalue weighted by atomic mass is 16.5. The number of nitrogens with zero attached hydrogens (tertiary/aromatic N) is 1. The zero-order chi connectivity index (χ0) is 26.8. The maximum absolute atomic E-state index is 13.9. The highest BCUT2D eigenvalue weighted by Gasteiger charge is 2.46. The summed E-state index contributed by atoms with van der Waals surface area (Å²) in [6.07, 6.45) is 4.74. The van der Waals surface area contributed by atoms with Crippen LogP contribution in [0.2, 0.25) is 0 Å². The van der Waals surface area contributed by atoms with Gasteiger partial charge < -0.3 is 18.9 Å². The molecule has 38 heavy (non-hydrogen) atoms. The fourth-order valence-corrected chi connectivity index (χ4v) is 6.21. The number of para-hydroxylation sites is 1. The van der Waals surface area contributed by atoms with Crippen molar-refractivity contribution in [2.24, 2.45) is 10.9 Å². The van der Waals surface area contributed by atoms with Crippen LogP contribution < -0.4 is 14.2 Å². The summed E-state index contributed by atoms with van der Waals surface area (Å²) >= 11 is 0. The van der Waals surface area contributed by atoms with Crippen LogP contribution in [0.15, 0.2) is 58.7 Å². The van der Waals surface area contributed by atoms with Crippen LogP contribution >= 0.6 is 0 Å². The largest absolute Gasteiger partial charge is 0.496 e. The summed E-state index contributed by atoms with van der Waals surface area (Å²) in [5.74, 6) is 0.364. The molecule has 3 aliphatic rings. The average molecular weight is 518 g/mol. The molecule has 2 aliphatic carbocycles. The zero-order valence-electron chi connectivity index (χ0n) is 22.5. The number of ketones is 1. The Labute approximate surface area is 223 Å². The minimum Gasteiger partial charge on any atom is -0.496 e. The van der Waals surface area contributed by atoms with E-state index in [0.29, 0.717) is 41.4 Å². The van der Waals surface area contributed by atoms with Gasteiger partial charge in [-0.3, -0.25) is 14.6 Å². The molecular weight excluding hydrogens is 482 g/mol. The maximum Gasteiger partial charge on any atom is 0.315 e. The van der Waals surface area contributed by atoms with E-state index in [4.69, 9.17) is 23.9 Å². The number of aliphatic imine (C=N–C) groups is 1. The van der Waals surface area contributed by atoms with Gasteiger partial charge in [-0.25, -0.2) is 0 Å². The zero-order valence-corrected chi connectivity index (χ0v) is 22.5. The molecule has 7 nitrogen and oxygen atoms in total. The van der Waals surface area contributed by atoms with Gasteiger partial charge in [0.1, 0.15) is 17.8 Å². The summed E-state index contributed by atoms with van der Waals surface area (Å²) < 4.78 is 22.6. The molecule has 1 fully saturated rings. The SMILES string of the molecule is COc1ccc([C@@H]2CC(=O)C3=C(C2)N=C(C)C(C(=O)OC2CCCC2)[C@H]3c2ccccc2OC)cc1OC. The minimum atomic E-state index is -0.674. The minimum absolute atomic E-state index is 0.00291. The lowest BCUT2D eigenvalue weighted by molar-refractivity contribution is -0.151. The van der Waals surface area contributed by atoms with E-state index in [1.165, 1.54) is 0 Å². The summed E-state index contributed by atoms with van der Waals surface area (Å²) in [7, 11) is 4.82. The predicted octanol–water partition coefficient (Wildman–Crippen LogP) is 5.77. The third-order valence-electron chi connectivity index (χ3n) is 8.08. The number of benzene rings is 2. The second-order valence-electron chi connectivity index (χ2n) is 10.3. The molecule has 2 aromatic rings. The molecular formula is C31H35NO6. The highest BCUT2D eigenvalue weighted by Crippen LogP contribution is 2.49. The van der Waals surface area contributed by atoms with Gasteiger partial charge in [-0.2, -0.15) is 0 Å². The van der Waals surface area contributed by atoms with Gasteiger partial charge in [0, 0.05) is 34.9 Å². The third kappa shape index (κ3) is 4.82. The molecule has 0 aromatic heterocycles. The van der Waals surface area contributed by atoms with E-state index in [-0.39, 0.29) is 23.8 Å². The van der Waals surface area contributed by atoms with Crippen molar-refractivity contribution in [1.82, 2.24) is 0 Å². The number of carbonyl (C=O) groups excluding carboxylic acids is 2. The molecule has 200 valence electrons. The lowest BCUT2D eigenvalue weighted by Crippen LogP contribution is -2.39. The topological polar surface area (TPSA) is 83.4 Å². The van der Waals surface area contributed by atoms with Gasteiger partial charge in [0.05, 0.1) is 21.3 Å². The van der Waals surface area contributed by atoms with Crippen LogP contribution in [0, 0.1) is 5.92 Å². The molecule has 0 N–H and O–H groups in total. The first kappa shape index (κ1) is 26.0. The van der Waals surface area contributed by atoms with Crippen LogP contribution in [0.3, 0.4) is 0 Å². The molecule has 7 heteroatoms. The number of hydrogen-bond donors (Lipinski definition) is 0. The first-order chi connectivity index (χ1) is 18.4. The Morgan fingerprint density at radius 2 is 1.61 bits per heavy atom. The van der Waals surface area contributed by atoms with Crippen LogP contribution in [-0.4, -0.2) is 44.9 Å². The van der Waals surface area contributed by atoms with Crippen molar-refractivity contribution in [3.8, 4) is 17.2 Å².